The second-order valence-electron chi connectivity index (χ2n) is 3.27. The molecule has 0 bridgehead atoms. The Bertz CT molecular complexity index is 412. The molecule has 0 radical (unpaired) electrons. The Morgan fingerprint density at radius 3 is 2.94 bits per heavy atom. The van der Waals surface area contributed by atoms with Crippen molar-refractivity contribution >= 4 is 5.97 Å². The molecule has 16 heavy (non-hydrogen) atoms. The molecule has 0 spiro atoms. The highest BCUT2D eigenvalue weighted by molar-refractivity contribution is 5.75. The lowest BCUT2D eigenvalue weighted by atomic mass is 10.0. The first kappa shape index (κ1) is 12.2. The number of rotatable bonds is 4. The molecule has 1 rings (SSSR count). The maximum atomic E-state index is 12.9. The molecule has 0 N–H and O–H groups in total. The number of esters is 1. The summed E-state index contributed by atoms with van der Waals surface area (Å²) < 4.78 is 17.6. The topological polar surface area (TPSA) is 50.1 Å². The van der Waals surface area contributed by atoms with E-state index >= 15 is 0 Å². The highest BCUT2D eigenvalue weighted by atomic mass is 19.1. The van der Waals surface area contributed by atoms with E-state index in [2.05, 4.69) is 0 Å². The lowest BCUT2D eigenvalue weighted by Crippen LogP contribution is -2.18. The number of nitrogens with zero attached hydrogens (tertiary/aromatic N) is 1. The van der Waals surface area contributed by atoms with Crippen LogP contribution in [0.15, 0.2) is 24.3 Å². The van der Waals surface area contributed by atoms with Gasteiger partial charge in [0.1, 0.15) is 11.7 Å². The van der Waals surface area contributed by atoms with Crippen LogP contribution in [0.4, 0.5) is 4.39 Å². The summed E-state index contributed by atoms with van der Waals surface area (Å²) in [7, 11) is 0. The molecule has 0 aliphatic rings. The number of carbonyl (C=O) groups excluding carboxylic acids is 1. The Morgan fingerprint density at radius 2 is 2.38 bits per heavy atom. The summed E-state index contributed by atoms with van der Waals surface area (Å²) in [4.78, 5) is 11.3. The van der Waals surface area contributed by atoms with Crippen molar-refractivity contribution in [3.63, 3.8) is 0 Å². The van der Waals surface area contributed by atoms with Crippen molar-refractivity contribution < 1.29 is 13.9 Å². The van der Waals surface area contributed by atoms with Crippen LogP contribution in [0.25, 0.3) is 0 Å². The number of benzene rings is 1. The Kier molecular flexibility index (Phi) is 4.46. The van der Waals surface area contributed by atoms with Crippen LogP contribution in [0, 0.1) is 23.1 Å². The van der Waals surface area contributed by atoms with Crippen molar-refractivity contribution in [2.24, 2.45) is 5.92 Å². The Morgan fingerprint density at radius 1 is 1.62 bits per heavy atom. The van der Waals surface area contributed by atoms with Crippen LogP contribution in [0.2, 0.25) is 0 Å². The van der Waals surface area contributed by atoms with Gasteiger partial charge in [-0.1, -0.05) is 12.1 Å². The van der Waals surface area contributed by atoms with Gasteiger partial charge in [0.15, 0.2) is 0 Å². The van der Waals surface area contributed by atoms with Gasteiger partial charge >= 0.3 is 5.97 Å². The molecule has 4 heteroatoms. The zero-order valence-electron chi connectivity index (χ0n) is 8.94. The molecule has 0 saturated carbocycles. The standard InChI is InChI=1S/C12H12FNO2/c1-2-16-12(15)10(8-14)6-9-4-3-5-11(13)7-9/h3-5,7,10H,2,6H2,1H3. The average molecular weight is 221 g/mol. The van der Waals surface area contributed by atoms with Crippen molar-refractivity contribution in [3.8, 4) is 6.07 Å². The highest BCUT2D eigenvalue weighted by Crippen LogP contribution is 2.11. The summed E-state index contributed by atoms with van der Waals surface area (Å²) >= 11 is 0. The van der Waals surface area contributed by atoms with Crippen LogP contribution in [-0.4, -0.2) is 12.6 Å². The van der Waals surface area contributed by atoms with Gasteiger partial charge in [-0.3, -0.25) is 4.79 Å². The molecule has 0 aromatic heterocycles. The fourth-order valence-corrected chi connectivity index (χ4v) is 1.32. The summed E-state index contributed by atoms with van der Waals surface area (Å²) in [6.07, 6.45) is 0.174. The molecule has 1 atom stereocenters. The van der Waals surface area contributed by atoms with Crippen LogP contribution in [0.3, 0.4) is 0 Å². The summed E-state index contributed by atoms with van der Waals surface area (Å²) in [5.41, 5.74) is 0.611. The number of ether oxygens (including phenoxy) is 1. The molecule has 1 aromatic carbocycles. The monoisotopic (exact) mass is 221 g/mol. The fourth-order valence-electron chi connectivity index (χ4n) is 1.32. The van der Waals surface area contributed by atoms with E-state index in [0.29, 0.717) is 5.56 Å². The average Bonchev–Trinajstić information content (AvgIpc) is 2.26. The molecule has 0 aliphatic heterocycles. The molecule has 0 saturated heterocycles. The predicted molar refractivity (Wildman–Crippen MR) is 55.8 cm³/mol. The van der Waals surface area contributed by atoms with Gasteiger partial charge in [-0.05, 0) is 31.0 Å². The van der Waals surface area contributed by atoms with E-state index in [1.54, 1.807) is 19.1 Å². The van der Waals surface area contributed by atoms with Gasteiger partial charge in [0, 0.05) is 0 Å². The van der Waals surface area contributed by atoms with Crippen LogP contribution in [0.1, 0.15) is 12.5 Å². The van der Waals surface area contributed by atoms with Gasteiger partial charge in [0.05, 0.1) is 12.7 Å². The maximum Gasteiger partial charge on any atom is 0.323 e. The SMILES string of the molecule is CCOC(=O)C(C#N)Cc1cccc(F)c1. The number of halogens is 1. The molecule has 1 unspecified atom stereocenters. The smallest absolute Gasteiger partial charge is 0.323 e. The minimum atomic E-state index is -0.873. The maximum absolute atomic E-state index is 12.9. The first-order valence-electron chi connectivity index (χ1n) is 4.98. The number of carbonyl (C=O) groups is 1. The Hall–Kier alpha value is -1.89. The third kappa shape index (κ3) is 3.35. The normalized spacial score (nSPS) is 11.6. The quantitative estimate of drug-likeness (QED) is 0.731. The molecule has 0 fully saturated rings. The van der Waals surface area contributed by atoms with E-state index in [1.807, 2.05) is 6.07 Å². The first-order chi connectivity index (χ1) is 7.67. The van der Waals surface area contributed by atoms with Crippen LogP contribution >= 0.6 is 0 Å². The minimum absolute atomic E-state index is 0.174. The van der Waals surface area contributed by atoms with Crippen molar-refractivity contribution in [2.45, 2.75) is 13.3 Å². The largest absolute Gasteiger partial charge is 0.465 e. The van der Waals surface area contributed by atoms with Crippen molar-refractivity contribution in [2.75, 3.05) is 6.61 Å². The van der Waals surface area contributed by atoms with Crippen molar-refractivity contribution in [1.82, 2.24) is 0 Å². The number of nitriles is 1. The number of hydrogen-bond donors (Lipinski definition) is 0. The molecule has 0 heterocycles. The first-order valence-corrected chi connectivity index (χ1v) is 4.98. The van der Waals surface area contributed by atoms with E-state index in [1.165, 1.54) is 12.1 Å². The molecular weight excluding hydrogens is 209 g/mol. The highest BCUT2D eigenvalue weighted by Gasteiger charge is 2.19. The van der Waals surface area contributed by atoms with Gasteiger partial charge in [-0.2, -0.15) is 5.26 Å². The fraction of sp³-hybridized carbons (Fsp3) is 0.333. The number of hydrogen-bond acceptors (Lipinski definition) is 3. The Labute approximate surface area is 93.5 Å². The van der Waals surface area contributed by atoms with E-state index in [-0.39, 0.29) is 18.8 Å². The van der Waals surface area contributed by atoms with Crippen molar-refractivity contribution in [3.05, 3.63) is 35.6 Å². The summed E-state index contributed by atoms with van der Waals surface area (Å²) in [6, 6.07) is 7.70. The van der Waals surface area contributed by atoms with E-state index in [0.717, 1.165) is 0 Å². The van der Waals surface area contributed by atoms with Crippen molar-refractivity contribution in [1.29, 1.82) is 5.26 Å². The Balaban J connectivity index is 2.71. The van der Waals surface area contributed by atoms with Gasteiger partial charge in [-0.25, -0.2) is 4.39 Å². The lowest BCUT2D eigenvalue weighted by molar-refractivity contribution is -0.145. The third-order valence-electron chi connectivity index (χ3n) is 2.06. The molecule has 3 nitrogen and oxygen atoms in total. The summed E-state index contributed by atoms with van der Waals surface area (Å²) in [5.74, 6) is -1.81. The predicted octanol–water partition coefficient (Wildman–Crippen LogP) is 2.07. The minimum Gasteiger partial charge on any atom is -0.465 e. The zero-order chi connectivity index (χ0) is 12.0. The van der Waals surface area contributed by atoms with Crippen LogP contribution in [-0.2, 0) is 16.0 Å². The molecule has 84 valence electrons. The second-order valence-corrected chi connectivity index (χ2v) is 3.27. The summed E-state index contributed by atoms with van der Waals surface area (Å²) in [6.45, 7) is 1.91. The third-order valence-corrected chi connectivity index (χ3v) is 2.06. The summed E-state index contributed by atoms with van der Waals surface area (Å²) in [5, 5.41) is 8.81. The molecule has 0 amide bonds. The van der Waals surface area contributed by atoms with E-state index < -0.39 is 11.9 Å². The van der Waals surface area contributed by atoms with Crippen LogP contribution < -0.4 is 0 Å². The lowest BCUT2D eigenvalue weighted by Gasteiger charge is -2.08. The van der Waals surface area contributed by atoms with Crippen LogP contribution in [0.5, 0.6) is 0 Å². The second kappa shape index (κ2) is 5.86. The molecule has 1 aromatic rings. The van der Waals surface area contributed by atoms with Gasteiger partial charge in [0.2, 0.25) is 0 Å². The van der Waals surface area contributed by atoms with Gasteiger partial charge in [0.25, 0.3) is 0 Å². The van der Waals surface area contributed by atoms with Gasteiger partial charge < -0.3 is 4.74 Å². The molecular formula is C12H12FNO2. The van der Waals surface area contributed by atoms with E-state index in [9.17, 15) is 9.18 Å². The zero-order valence-corrected chi connectivity index (χ0v) is 8.94. The molecule has 0 aliphatic carbocycles. The van der Waals surface area contributed by atoms with Gasteiger partial charge in [-0.15, -0.1) is 0 Å². The van der Waals surface area contributed by atoms with E-state index in [4.69, 9.17) is 10.00 Å².